The van der Waals surface area contributed by atoms with Crippen molar-refractivity contribution in [2.45, 2.75) is 39.0 Å². The Morgan fingerprint density at radius 3 is 2.85 bits per heavy atom. The van der Waals surface area contributed by atoms with Crippen LogP contribution >= 0.6 is 0 Å². The molecule has 0 spiro atoms. The number of nitrogen functional groups attached to an aromatic ring is 1. The zero-order chi connectivity index (χ0) is 14.4. The third kappa shape index (κ3) is 3.32. The van der Waals surface area contributed by atoms with Crippen molar-refractivity contribution in [2.24, 2.45) is 0 Å². The molecule has 1 aromatic carbocycles. The molecule has 0 fully saturated rings. The van der Waals surface area contributed by atoms with Crippen molar-refractivity contribution in [3.63, 3.8) is 0 Å². The van der Waals surface area contributed by atoms with E-state index in [1.54, 1.807) is 7.11 Å². The Balaban J connectivity index is 2.19. The average Bonchev–Trinajstić information content (AvgIpc) is 2.84. The fourth-order valence-electron chi connectivity index (χ4n) is 2.40. The minimum atomic E-state index is 0.559. The van der Waals surface area contributed by atoms with Crippen LogP contribution in [0.3, 0.4) is 0 Å². The van der Waals surface area contributed by atoms with Crippen molar-refractivity contribution in [1.82, 2.24) is 10.2 Å². The molecule has 0 saturated heterocycles. The maximum absolute atomic E-state index is 6.01. The van der Waals surface area contributed by atoms with Crippen molar-refractivity contribution in [3.8, 4) is 16.9 Å². The van der Waals surface area contributed by atoms with Crippen LogP contribution in [-0.2, 0) is 6.42 Å². The van der Waals surface area contributed by atoms with Gasteiger partial charge in [0.2, 0.25) is 0 Å². The topological polar surface area (TPSA) is 63.9 Å². The van der Waals surface area contributed by atoms with Gasteiger partial charge in [-0.3, -0.25) is 5.10 Å². The Hall–Kier alpha value is -1.97. The molecule has 0 amide bonds. The third-order valence-electron chi connectivity index (χ3n) is 3.51. The quantitative estimate of drug-likeness (QED) is 0.754. The summed E-state index contributed by atoms with van der Waals surface area (Å²) in [5.41, 5.74) is 9.20. The number of methoxy groups -OCH3 is 1. The highest BCUT2D eigenvalue weighted by molar-refractivity contribution is 5.77. The molecular formula is C16H23N3O. The molecule has 3 N–H and O–H groups in total. The number of hydrogen-bond donors (Lipinski definition) is 2. The number of unbranched alkanes of at least 4 members (excludes halogenated alkanes) is 3. The van der Waals surface area contributed by atoms with Crippen LogP contribution in [-0.4, -0.2) is 17.3 Å². The summed E-state index contributed by atoms with van der Waals surface area (Å²) in [5.74, 6) is 1.39. The van der Waals surface area contributed by atoms with Gasteiger partial charge in [0, 0.05) is 11.3 Å². The Bertz CT molecular complexity index is 548. The van der Waals surface area contributed by atoms with Crippen molar-refractivity contribution in [3.05, 3.63) is 30.0 Å². The molecule has 0 saturated carbocycles. The zero-order valence-electron chi connectivity index (χ0n) is 12.3. The molecule has 0 aliphatic carbocycles. The van der Waals surface area contributed by atoms with Crippen molar-refractivity contribution >= 4 is 5.82 Å². The Kier molecular flexibility index (Phi) is 5.04. The molecule has 2 rings (SSSR count). The highest BCUT2D eigenvalue weighted by Crippen LogP contribution is 2.31. The van der Waals surface area contributed by atoms with Gasteiger partial charge in [-0.05, 0) is 30.5 Å². The summed E-state index contributed by atoms with van der Waals surface area (Å²) in [4.78, 5) is 0. The zero-order valence-corrected chi connectivity index (χ0v) is 12.3. The maximum atomic E-state index is 6.01. The fraction of sp³-hybridized carbons (Fsp3) is 0.438. The number of aromatic amines is 1. The molecular weight excluding hydrogens is 250 g/mol. The van der Waals surface area contributed by atoms with Gasteiger partial charge in [0.25, 0.3) is 0 Å². The number of nitrogens with one attached hydrogen (secondary N) is 1. The third-order valence-corrected chi connectivity index (χ3v) is 3.51. The molecule has 0 atom stereocenters. The van der Waals surface area contributed by atoms with Crippen LogP contribution in [0, 0.1) is 0 Å². The highest BCUT2D eigenvalue weighted by atomic mass is 16.5. The van der Waals surface area contributed by atoms with Crippen LogP contribution in [0.25, 0.3) is 11.1 Å². The first-order valence-corrected chi connectivity index (χ1v) is 7.23. The van der Waals surface area contributed by atoms with E-state index in [-0.39, 0.29) is 0 Å². The number of aromatic nitrogens is 2. The smallest absolute Gasteiger partial charge is 0.153 e. The summed E-state index contributed by atoms with van der Waals surface area (Å²) in [5, 5.41) is 7.23. The lowest BCUT2D eigenvalue weighted by Crippen LogP contribution is -1.93. The predicted molar refractivity (Wildman–Crippen MR) is 82.8 cm³/mol. The monoisotopic (exact) mass is 273 g/mol. The molecule has 20 heavy (non-hydrogen) atoms. The van der Waals surface area contributed by atoms with Gasteiger partial charge in [0.1, 0.15) is 5.75 Å². The second kappa shape index (κ2) is 6.98. The number of ether oxygens (including phenoxy) is 1. The molecule has 2 aromatic rings. The summed E-state index contributed by atoms with van der Waals surface area (Å²) < 4.78 is 5.27. The van der Waals surface area contributed by atoms with Gasteiger partial charge < -0.3 is 10.5 Å². The van der Waals surface area contributed by atoms with Gasteiger partial charge in [0.15, 0.2) is 5.82 Å². The number of anilines is 1. The standard InChI is InChI=1S/C16H23N3O/c1-3-4-5-6-10-14-15(16(17)19-18-14)12-8-7-9-13(11-12)20-2/h7-9,11H,3-6,10H2,1-2H3,(H3,17,18,19). The molecule has 0 radical (unpaired) electrons. The SMILES string of the molecule is CCCCCCc1[nH]nc(N)c1-c1cccc(OC)c1. The van der Waals surface area contributed by atoms with Gasteiger partial charge in [0.05, 0.1) is 7.11 Å². The number of nitrogens with two attached hydrogens (primary N) is 1. The van der Waals surface area contributed by atoms with Gasteiger partial charge in [-0.2, -0.15) is 5.10 Å². The summed E-state index contributed by atoms with van der Waals surface area (Å²) in [6.45, 7) is 2.22. The number of aryl methyl sites for hydroxylation is 1. The summed E-state index contributed by atoms with van der Waals surface area (Å²) in [6.07, 6.45) is 5.90. The second-order valence-corrected chi connectivity index (χ2v) is 5.01. The second-order valence-electron chi connectivity index (χ2n) is 5.01. The predicted octanol–water partition coefficient (Wildman–Crippen LogP) is 3.79. The van der Waals surface area contributed by atoms with Crippen LogP contribution in [0.2, 0.25) is 0 Å². The number of hydrogen-bond acceptors (Lipinski definition) is 3. The normalized spacial score (nSPS) is 10.7. The molecule has 0 aliphatic rings. The Morgan fingerprint density at radius 2 is 2.10 bits per heavy atom. The number of nitrogens with zero attached hydrogens (tertiary/aromatic N) is 1. The molecule has 0 bridgehead atoms. The lowest BCUT2D eigenvalue weighted by Gasteiger charge is -2.06. The first kappa shape index (κ1) is 14.4. The minimum absolute atomic E-state index is 0.559. The van der Waals surface area contributed by atoms with Gasteiger partial charge in [-0.25, -0.2) is 0 Å². The van der Waals surface area contributed by atoms with E-state index in [1.165, 1.54) is 19.3 Å². The molecule has 1 aromatic heterocycles. The van der Waals surface area contributed by atoms with Crippen LogP contribution in [0.15, 0.2) is 24.3 Å². The molecule has 0 unspecified atom stereocenters. The van der Waals surface area contributed by atoms with Crippen LogP contribution < -0.4 is 10.5 Å². The molecule has 4 nitrogen and oxygen atoms in total. The Morgan fingerprint density at radius 1 is 1.25 bits per heavy atom. The summed E-state index contributed by atoms with van der Waals surface area (Å²) in [6, 6.07) is 7.94. The van der Waals surface area contributed by atoms with Crippen LogP contribution in [0.4, 0.5) is 5.82 Å². The lowest BCUT2D eigenvalue weighted by atomic mass is 10.0. The van der Waals surface area contributed by atoms with E-state index in [2.05, 4.69) is 17.1 Å². The van der Waals surface area contributed by atoms with E-state index < -0.39 is 0 Å². The largest absolute Gasteiger partial charge is 0.497 e. The Labute approximate surface area is 120 Å². The fourth-order valence-corrected chi connectivity index (χ4v) is 2.40. The lowest BCUT2D eigenvalue weighted by molar-refractivity contribution is 0.415. The summed E-state index contributed by atoms with van der Waals surface area (Å²) >= 11 is 0. The van der Waals surface area contributed by atoms with Crippen LogP contribution in [0.5, 0.6) is 5.75 Å². The van der Waals surface area contributed by atoms with E-state index in [1.807, 2.05) is 24.3 Å². The van der Waals surface area contributed by atoms with E-state index in [9.17, 15) is 0 Å². The summed E-state index contributed by atoms with van der Waals surface area (Å²) in [7, 11) is 1.67. The van der Waals surface area contributed by atoms with Gasteiger partial charge in [-0.1, -0.05) is 38.3 Å². The van der Waals surface area contributed by atoms with Gasteiger partial charge >= 0.3 is 0 Å². The molecule has 108 valence electrons. The minimum Gasteiger partial charge on any atom is -0.497 e. The van der Waals surface area contributed by atoms with E-state index in [0.717, 1.165) is 35.4 Å². The molecule has 0 aliphatic heterocycles. The highest BCUT2D eigenvalue weighted by Gasteiger charge is 2.13. The molecule has 4 heteroatoms. The van der Waals surface area contributed by atoms with Crippen LogP contribution in [0.1, 0.15) is 38.3 Å². The van der Waals surface area contributed by atoms with Crippen molar-refractivity contribution in [1.29, 1.82) is 0 Å². The first-order chi connectivity index (χ1) is 9.76. The average molecular weight is 273 g/mol. The van der Waals surface area contributed by atoms with E-state index >= 15 is 0 Å². The number of H-pyrrole nitrogens is 1. The first-order valence-electron chi connectivity index (χ1n) is 7.23. The van der Waals surface area contributed by atoms with Crippen molar-refractivity contribution < 1.29 is 4.74 Å². The van der Waals surface area contributed by atoms with E-state index in [0.29, 0.717) is 5.82 Å². The van der Waals surface area contributed by atoms with Crippen molar-refractivity contribution in [2.75, 3.05) is 12.8 Å². The number of rotatable bonds is 7. The maximum Gasteiger partial charge on any atom is 0.153 e. The molecule has 1 heterocycles. The van der Waals surface area contributed by atoms with Gasteiger partial charge in [-0.15, -0.1) is 0 Å². The van der Waals surface area contributed by atoms with E-state index in [4.69, 9.17) is 10.5 Å². The number of benzene rings is 1.